The van der Waals surface area contributed by atoms with Gasteiger partial charge in [0, 0.05) is 12.2 Å². The predicted molar refractivity (Wildman–Crippen MR) is 80.4 cm³/mol. The molecule has 0 aliphatic heterocycles. The number of urea groups is 1. The fraction of sp³-hybridized carbons (Fsp3) is 0.125. The highest BCUT2D eigenvalue weighted by atomic mass is 16.4. The average Bonchev–Trinajstić information content (AvgIpc) is 2.46. The molecule has 0 aromatic heterocycles. The van der Waals surface area contributed by atoms with E-state index in [1.807, 2.05) is 31.2 Å². The van der Waals surface area contributed by atoms with Gasteiger partial charge in [0.2, 0.25) is 0 Å². The van der Waals surface area contributed by atoms with E-state index in [1.54, 1.807) is 12.1 Å². The molecule has 0 bridgehead atoms. The maximum absolute atomic E-state index is 11.8. The number of hydrogen-bond donors (Lipinski definition) is 3. The van der Waals surface area contributed by atoms with Crippen LogP contribution in [0.5, 0.6) is 0 Å². The maximum Gasteiger partial charge on any atom is 0.335 e. The highest BCUT2D eigenvalue weighted by Gasteiger charge is 2.06. The summed E-state index contributed by atoms with van der Waals surface area (Å²) >= 11 is 0. The monoisotopic (exact) mass is 284 g/mol. The fourth-order valence-corrected chi connectivity index (χ4v) is 1.89. The van der Waals surface area contributed by atoms with E-state index >= 15 is 0 Å². The van der Waals surface area contributed by atoms with Crippen LogP contribution in [0.3, 0.4) is 0 Å². The van der Waals surface area contributed by atoms with Gasteiger partial charge in [-0.25, -0.2) is 9.59 Å². The first-order chi connectivity index (χ1) is 10.1. The summed E-state index contributed by atoms with van der Waals surface area (Å²) in [5.74, 6) is -1.03. The molecule has 5 nitrogen and oxygen atoms in total. The topological polar surface area (TPSA) is 78.4 Å². The van der Waals surface area contributed by atoms with Gasteiger partial charge in [-0.1, -0.05) is 30.3 Å². The molecule has 5 heteroatoms. The quantitative estimate of drug-likeness (QED) is 0.807. The van der Waals surface area contributed by atoms with Crippen LogP contribution in [0.4, 0.5) is 10.5 Å². The second kappa shape index (κ2) is 6.56. The summed E-state index contributed by atoms with van der Waals surface area (Å²) in [5, 5.41) is 14.3. The van der Waals surface area contributed by atoms with Crippen molar-refractivity contribution in [1.29, 1.82) is 0 Å². The van der Waals surface area contributed by atoms with Crippen molar-refractivity contribution in [2.45, 2.75) is 13.5 Å². The third kappa shape index (κ3) is 4.07. The Kier molecular flexibility index (Phi) is 4.56. The number of nitrogens with one attached hydrogen (secondary N) is 2. The molecule has 0 aliphatic rings. The van der Waals surface area contributed by atoms with E-state index in [0.29, 0.717) is 12.2 Å². The number of carbonyl (C=O) groups is 2. The lowest BCUT2D eigenvalue weighted by atomic mass is 10.1. The number of carbonyl (C=O) groups excluding carboxylic acids is 1. The fourth-order valence-electron chi connectivity index (χ4n) is 1.89. The summed E-state index contributed by atoms with van der Waals surface area (Å²) < 4.78 is 0. The molecule has 108 valence electrons. The van der Waals surface area contributed by atoms with Crippen LogP contribution in [0.1, 0.15) is 21.5 Å². The Morgan fingerprint density at radius 1 is 1.10 bits per heavy atom. The Morgan fingerprint density at radius 2 is 1.86 bits per heavy atom. The van der Waals surface area contributed by atoms with E-state index in [4.69, 9.17) is 5.11 Å². The van der Waals surface area contributed by atoms with Crippen LogP contribution in [-0.2, 0) is 6.54 Å². The van der Waals surface area contributed by atoms with Crippen molar-refractivity contribution in [3.63, 3.8) is 0 Å². The SMILES string of the molecule is Cc1ccccc1CNC(=O)Nc1cccc(C(=O)O)c1. The van der Waals surface area contributed by atoms with Crippen LogP contribution < -0.4 is 10.6 Å². The zero-order valence-corrected chi connectivity index (χ0v) is 11.6. The first kappa shape index (κ1) is 14.6. The van der Waals surface area contributed by atoms with E-state index in [-0.39, 0.29) is 11.6 Å². The second-order valence-corrected chi connectivity index (χ2v) is 4.62. The van der Waals surface area contributed by atoms with Gasteiger partial charge < -0.3 is 15.7 Å². The van der Waals surface area contributed by atoms with Crippen molar-refractivity contribution in [1.82, 2.24) is 5.32 Å². The van der Waals surface area contributed by atoms with Crippen LogP contribution in [0.2, 0.25) is 0 Å². The van der Waals surface area contributed by atoms with Gasteiger partial charge >= 0.3 is 12.0 Å². The van der Waals surface area contributed by atoms with Gasteiger partial charge in [0.15, 0.2) is 0 Å². The van der Waals surface area contributed by atoms with Crippen LogP contribution in [-0.4, -0.2) is 17.1 Å². The molecular weight excluding hydrogens is 268 g/mol. The molecule has 2 amide bonds. The molecule has 0 atom stereocenters. The smallest absolute Gasteiger partial charge is 0.335 e. The third-order valence-electron chi connectivity index (χ3n) is 3.07. The van der Waals surface area contributed by atoms with Gasteiger partial charge in [0.1, 0.15) is 0 Å². The van der Waals surface area contributed by atoms with E-state index in [0.717, 1.165) is 11.1 Å². The zero-order chi connectivity index (χ0) is 15.2. The summed E-state index contributed by atoms with van der Waals surface area (Å²) in [6.45, 7) is 2.39. The molecule has 0 heterocycles. The van der Waals surface area contributed by atoms with E-state index < -0.39 is 5.97 Å². The lowest BCUT2D eigenvalue weighted by molar-refractivity contribution is 0.0697. The van der Waals surface area contributed by atoms with Crippen LogP contribution >= 0.6 is 0 Å². The molecule has 2 aromatic rings. The average molecular weight is 284 g/mol. The number of aryl methyl sites for hydroxylation is 1. The molecule has 0 saturated heterocycles. The number of rotatable bonds is 4. The van der Waals surface area contributed by atoms with Gasteiger partial charge in [-0.2, -0.15) is 0 Å². The predicted octanol–water partition coefficient (Wildman–Crippen LogP) is 3.01. The molecule has 2 aromatic carbocycles. The van der Waals surface area contributed by atoms with Gasteiger partial charge in [0.05, 0.1) is 5.56 Å². The number of carboxylic acid groups (broad SMARTS) is 1. The molecule has 3 N–H and O–H groups in total. The molecule has 21 heavy (non-hydrogen) atoms. The molecule has 0 aliphatic carbocycles. The molecule has 0 fully saturated rings. The van der Waals surface area contributed by atoms with Crippen molar-refractivity contribution in [2.75, 3.05) is 5.32 Å². The second-order valence-electron chi connectivity index (χ2n) is 4.62. The Balaban J connectivity index is 1.95. The van der Waals surface area contributed by atoms with Crippen molar-refractivity contribution in [3.8, 4) is 0 Å². The van der Waals surface area contributed by atoms with Crippen molar-refractivity contribution >= 4 is 17.7 Å². The standard InChI is InChI=1S/C16H16N2O3/c1-11-5-2-3-6-13(11)10-17-16(21)18-14-8-4-7-12(9-14)15(19)20/h2-9H,10H2,1H3,(H,19,20)(H2,17,18,21). The maximum atomic E-state index is 11.8. The molecule has 0 saturated carbocycles. The van der Waals surface area contributed by atoms with Crippen molar-refractivity contribution in [2.24, 2.45) is 0 Å². The number of hydrogen-bond acceptors (Lipinski definition) is 2. The number of aromatic carboxylic acids is 1. The van der Waals surface area contributed by atoms with E-state index in [9.17, 15) is 9.59 Å². The molecule has 2 rings (SSSR count). The largest absolute Gasteiger partial charge is 0.478 e. The third-order valence-corrected chi connectivity index (χ3v) is 3.07. The first-order valence-corrected chi connectivity index (χ1v) is 6.49. The molecule has 0 spiro atoms. The summed E-state index contributed by atoms with van der Waals surface area (Å²) in [7, 11) is 0. The van der Waals surface area contributed by atoms with Gasteiger partial charge in [0.25, 0.3) is 0 Å². The molecular formula is C16H16N2O3. The minimum atomic E-state index is -1.03. The van der Waals surface area contributed by atoms with Gasteiger partial charge in [-0.15, -0.1) is 0 Å². The van der Waals surface area contributed by atoms with Gasteiger partial charge in [-0.05, 0) is 36.2 Å². The Bertz CT molecular complexity index is 668. The summed E-state index contributed by atoms with van der Waals surface area (Å²) in [4.78, 5) is 22.7. The Labute approximate surface area is 122 Å². The number of amides is 2. The lowest BCUT2D eigenvalue weighted by Gasteiger charge is -2.09. The summed E-state index contributed by atoms with van der Waals surface area (Å²) in [5.41, 5.74) is 2.71. The lowest BCUT2D eigenvalue weighted by Crippen LogP contribution is -2.28. The molecule has 0 radical (unpaired) electrons. The van der Waals surface area contributed by atoms with Crippen LogP contribution in [0.25, 0.3) is 0 Å². The van der Waals surface area contributed by atoms with E-state index in [1.165, 1.54) is 12.1 Å². The number of carboxylic acids is 1. The summed E-state index contributed by atoms with van der Waals surface area (Å²) in [6.07, 6.45) is 0. The zero-order valence-electron chi connectivity index (χ0n) is 11.6. The number of benzene rings is 2. The minimum Gasteiger partial charge on any atom is -0.478 e. The summed E-state index contributed by atoms with van der Waals surface area (Å²) in [6, 6.07) is 13.5. The Morgan fingerprint density at radius 3 is 2.57 bits per heavy atom. The first-order valence-electron chi connectivity index (χ1n) is 6.49. The van der Waals surface area contributed by atoms with E-state index in [2.05, 4.69) is 10.6 Å². The molecule has 0 unspecified atom stereocenters. The Hall–Kier alpha value is -2.82. The highest BCUT2D eigenvalue weighted by molar-refractivity contribution is 5.93. The van der Waals surface area contributed by atoms with Crippen LogP contribution in [0, 0.1) is 6.92 Å². The minimum absolute atomic E-state index is 0.131. The number of anilines is 1. The highest BCUT2D eigenvalue weighted by Crippen LogP contribution is 2.11. The van der Waals surface area contributed by atoms with Crippen LogP contribution in [0.15, 0.2) is 48.5 Å². The van der Waals surface area contributed by atoms with Gasteiger partial charge in [-0.3, -0.25) is 0 Å². The van der Waals surface area contributed by atoms with Crippen molar-refractivity contribution < 1.29 is 14.7 Å². The van der Waals surface area contributed by atoms with Crippen molar-refractivity contribution in [3.05, 3.63) is 65.2 Å². The normalized spacial score (nSPS) is 9.95.